The summed E-state index contributed by atoms with van der Waals surface area (Å²) in [4.78, 5) is 12.0. The molecule has 0 amide bonds. The monoisotopic (exact) mass is 270 g/mol. The van der Waals surface area contributed by atoms with Gasteiger partial charge in [-0.05, 0) is 61.5 Å². The molecule has 4 atom stereocenters. The Hall–Kier alpha value is -1.31. The molecule has 3 aliphatic carbocycles. The summed E-state index contributed by atoms with van der Waals surface area (Å²) in [5.74, 6) is 3.98. The SMILES string of the molecule is COc1cccc2c1[C@H]1CC[C@@H]3C(=O)CC[C@H]3[C@@H]1CC2. The number of carbonyl (C=O) groups excluding carboxylic acids is 1. The van der Waals surface area contributed by atoms with Crippen molar-refractivity contribution in [2.45, 2.75) is 44.4 Å². The molecule has 1 aromatic rings. The lowest BCUT2D eigenvalue weighted by atomic mass is 9.60. The molecule has 0 unspecified atom stereocenters. The Bertz CT molecular complexity index is 534. The van der Waals surface area contributed by atoms with Gasteiger partial charge in [-0.1, -0.05) is 12.1 Å². The molecule has 106 valence electrons. The first-order chi connectivity index (χ1) is 9.79. The number of carbonyl (C=O) groups is 1. The Balaban J connectivity index is 1.74. The summed E-state index contributed by atoms with van der Waals surface area (Å²) in [6, 6.07) is 6.48. The van der Waals surface area contributed by atoms with Crippen LogP contribution in [-0.2, 0) is 11.2 Å². The summed E-state index contributed by atoms with van der Waals surface area (Å²) in [6.07, 6.45) is 6.66. The summed E-state index contributed by atoms with van der Waals surface area (Å²) in [7, 11) is 1.78. The lowest BCUT2D eigenvalue weighted by molar-refractivity contribution is -0.122. The minimum Gasteiger partial charge on any atom is -0.496 e. The standard InChI is InChI=1S/C18H22O2/c1-20-17-4-2-3-11-5-6-13-12-9-10-16(19)14(12)7-8-15(13)18(11)17/h2-4,12-15H,5-10H2,1H3/t12-,13-,14-,15-/m0/s1. The van der Waals surface area contributed by atoms with Crippen LogP contribution in [0.4, 0.5) is 0 Å². The number of ketones is 1. The van der Waals surface area contributed by atoms with E-state index in [9.17, 15) is 4.79 Å². The first kappa shape index (κ1) is 12.4. The van der Waals surface area contributed by atoms with E-state index in [0.717, 1.165) is 31.4 Å². The highest BCUT2D eigenvalue weighted by molar-refractivity contribution is 5.83. The molecule has 0 spiro atoms. The second-order valence-electron chi connectivity index (χ2n) is 6.69. The summed E-state index contributed by atoms with van der Waals surface area (Å²) in [6.45, 7) is 0. The van der Waals surface area contributed by atoms with E-state index in [1.54, 1.807) is 7.11 Å². The molecule has 0 saturated heterocycles. The van der Waals surface area contributed by atoms with Gasteiger partial charge in [0.15, 0.2) is 0 Å². The Morgan fingerprint density at radius 2 is 1.75 bits per heavy atom. The van der Waals surface area contributed by atoms with E-state index in [-0.39, 0.29) is 0 Å². The molecule has 0 heterocycles. The van der Waals surface area contributed by atoms with Crippen molar-refractivity contribution in [1.29, 1.82) is 0 Å². The van der Waals surface area contributed by atoms with E-state index in [0.29, 0.717) is 29.5 Å². The number of rotatable bonds is 1. The van der Waals surface area contributed by atoms with Crippen molar-refractivity contribution < 1.29 is 9.53 Å². The van der Waals surface area contributed by atoms with Gasteiger partial charge in [-0.3, -0.25) is 4.79 Å². The van der Waals surface area contributed by atoms with Crippen LogP contribution in [-0.4, -0.2) is 12.9 Å². The average Bonchev–Trinajstić information content (AvgIpc) is 2.88. The fourth-order valence-electron chi connectivity index (χ4n) is 5.20. The molecule has 1 aromatic carbocycles. The zero-order valence-electron chi connectivity index (χ0n) is 12.1. The van der Waals surface area contributed by atoms with Crippen molar-refractivity contribution in [3.05, 3.63) is 29.3 Å². The normalized spacial score (nSPS) is 35.1. The van der Waals surface area contributed by atoms with Gasteiger partial charge < -0.3 is 4.74 Å². The highest BCUT2D eigenvalue weighted by Gasteiger charge is 2.47. The van der Waals surface area contributed by atoms with E-state index in [4.69, 9.17) is 4.74 Å². The van der Waals surface area contributed by atoms with Crippen molar-refractivity contribution in [1.82, 2.24) is 0 Å². The zero-order valence-corrected chi connectivity index (χ0v) is 12.1. The van der Waals surface area contributed by atoms with Gasteiger partial charge in [0.05, 0.1) is 7.11 Å². The molecule has 3 aliphatic rings. The zero-order chi connectivity index (χ0) is 13.7. The molecule has 0 aliphatic heterocycles. The quantitative estimate of drug-likeness (QED) is 0.777. The number of hydrogen-bond donors (Lipinski definition) is 0. The minimum absolute atomic E-state index is 0.382. The maximum Gasteiger partial charge on any atom is 0.136 e. The predicted molar refractivity (Wildman–Crippen MR) is 78.0 cm³/mol. The number of ether oxygens (including phenoxy) is 1. The molecule has 2 nitrogen and oxygen atoms in total. The van der Waals surface area contributed by atoms with Crippen LogP contribution in [0.1, 0.15) is 49.1 Å². The van der Waals surface area contributed by atoms with Crippen LogP contribution in [0.25, 0.3) is 0 Å². The molecule has 4 rings (SSSR count). The largest absolute Gasteiger partial charge is 0.496 e. The lowest BCUT2D eigenvalue weighted by Gasteiger charge is -2.44. The molecule has 2 saturated carbocycles. The second-order valence-corrected chi connectivity index (χ2v) is 6.69. The van der Waals surface area contributed by atoms with Crippen LogP contribution in [0.5, 0.6) is 5.75 Å². The summed E-state index contributed by atoms with van der Waals surface area (Å²) >= 11 is 0. The fraction of sp³-hybridized carbons (Fsp3) is 0.611. The predicted octanol–water partition coefficient (Wildman–Crippen LogP) is 3.73. The van der Waals surface area contributed by atoms with Crippen LogP contribution in [0.3, 0.4) is 0 Å². The van der Waals surface area contributed by atoms with E-state index in [1.165, 1.54) is 24.0 Å². The lowest BCUT2D eigenvalue weighted by Crippen LogP contribution is -2.35. The van der Waals surface area contributed by atoms with Crippen LogP contribution in [0.2, 0.25) is 0 Å². The molecule has 2 fully saturated rings. The van der Waals surface area contributed by atoms with Crippen LogP contribution in [0.15, 0.2) is 18.2 Å². The second kappa shape index (κ2) is 4.61. The molecular weight excluding hydrogens is 248 g/mol. The minimum atomic E-state index is 0.382. The summed E-state index contributed by atoms with van der Waals surface area (Å²) < 4.78 is 5.63. The summed E-state index contributed by atoms with van der Waals surface area (Å²) in [5, 5.41) is 0. The van der Waals surface area contributed by atoms with E-state index >= 15 is 0 Å². The highest BCUT2D eigenvalue weighted by Crippen LogP contribution is 2.55. The number of Topliss-reactive ketones (excluding diaryl/α,β-unsaturated/α-hetero) is 1. The van der Waals surface area contributed by atoms with Gasteiger partial charge in [0, 0.05) is 17.9 Å². The molecule has 20 heavy (non-hydrogen) atoms. The molecule has 0 radical (unpaired) electrons. The van der Waals surface area contributed by atoms with Gasteiger partial charge in [-0.25, -0.2) is 0 Å². The third kappa shape index (κ3) is 1.66. The number of aryl methyl sites for hydroxylation is 1. The topological polar surface area (TPSA) is 26.3 Å². The molecular formula is C18H22O2. The van der Waals surface area contributed by atoms with Crippen molar-refractivity contribution in [3.8, 4) is 5.75 Å². The van der Waals surface area contributed by atoms with Gasteiger partial charge in [-0.2, -0.15) is 0 Å². The van der Waals surface area contributed by atoms with Gasteiger partial charge in [0.2, 0.25) is 0 Å². The van der Waals surface area contributed by atoms with Crippen molar-refractivity contribution in [2.24, 2.45) is 17.8 Å². The highest BCUT2D eigenvalue weighted by atomic mass is 16.5. The number of fused-ring (bicyclic) bond motifs is 5. The maximum atomic E-state index is 12.0. The van der Waals surface area contributed by atoms with Crippen molar-refractivity contribution >= 4 is 5.78 Å². The van der Waals surface area contributed by atoms with Crippen molar-refractivity contribution in [3.63, 3.8) is 0 Å². The Morgan fingerprint density at radius 3 is 2.60 bits per heavy atom. The molecule has 0 N–H and O–H groups in total. The maximum absolute atomic E-state index is 12.0. The molecule has 2 heteroatoms. The Labute approximate surface area is 120 Å². The Morgan fingerprint density at radius 1 is 1.00 bits per heavy atom. The first-order valence-corrected chi connectivity index (χ1v) is 7.98. The number of hydrogen-bond acceptors (Lipinski definition) is 2. The average molecular weight is 270 g/mol. The third-order valence-electron chi connectivity index (χ3n) is 6.00. The smallest absolute Gasteiger partial charge is 0.136 e. The fourth-order valence-corrected chi connectivity index (χ4v) is 5.20. The van der Waals surface area contributed by atoms with Gasteiger partial charge >= 0.3 is 0 Å². The van der Waals surface area contributed by atoms with Crippen LogP contribution < -0.4 is 4.74 Å². The molecule has 0 bridgehead atoms. The first-order valence-electron chi connectivity index (χ1n) is 7.98. The van der Waals surface area contributed by atoms with Gasteiger partial charge in [-0.15, -0.1) is 0 Å². The number of benzene rings is 1. The van der Waals surface area contributed by atoms with Gasteiger partial charge in [0.1, 0.15) is 11.5 Å². The Kier molecular flexibility index (Phi) is 2.87. The molecule has 0 aromatic heterocycles. The van der Waals surface area contributed by atoms with E-state index in [2.05, 4.69) is 18.2 Å². The van der Waals surface area contributed by atoms with E-state index in [1.807, 2.05) is 0 Å². The summed E-state index contributed by atoms with van der Waals surface area (Å²) in [5.41, 5.74) is 2.94. The number of methoxy groups -OCH3 is 1. The van der Waals surface area contributed by atoms with Gasteiger partial charge in [0.25, 0.3) is 0 Å². The van der Waals surface area contributed by atoms with Crippen LogP contribution in [0, 0.1) is 17.8 Å². The van der Waals surface area contributed by atoms with Crippen LogP contribution >= 0.6 is 0 Å². The van der Waals surface area contributed by atoms with Crippen molar-refractivity contribution in [2.75, 3.05) is 7.11 Å². The third-order valence-corrected chi connectivity index (χ3v) is 6.00. The van der Waals surface area contributed by atoms with E-state index < -0.39 is 0 Å².